The molecule has 0 fully saturated rings. The molecule has 0 atom stereocenters. The summed E-state index contributed by atoms with van der Waals surface area (Å²) in [6, 6.07) is 15.7. The Kier molecular flexibility index (Phi) is 11.0. The van der Waals surface area contributed by atoms with E-state index in [4.69, 9.17) is 37.4 Å². The van der Waals surface area contributed by atoms with Gasteiger partial charge in [0.25, 0.3) is 5.91 Å². The number of benzene rings is 3. The topological polar surface area (TPSA) is 94.4 Å². The quantitative estimate of drug-likeness (QED) is 0.174. The number of nitrogens with zero attached hydrogens (tertiary/aromatic N) is 1. The molecule has 3 aromatic rings. The van der Waals surface area contributed by atoms with E-state index in [1.807, 2.05) is 19.9 Å². The number of aliphatic imine (C=N–C) groups is 1. The second kappa shape index (κ2) is 14.5. The van der Waals surface area contributed by atoms with E-state index in [1.165, 1.54) is 0 Å². The van der Waals surface area contributed by atoms with E-state index in [0.29, 0.717) is 44.2 Å². The lowest BCUT2D eigenvalue weighted by molar-refractivity contribution is -0.138. The lowest BCUT2D eigenvalue weighted by Crippen LogP contribution is -2.14. The van der Waals surface area contributed by atoms with E-state index in [1.54, 1.807) is 61.5 Å². The Morgan fingerprint density at radius 1 is 1.02 bits per heavy atom. The van der Waals surface area contributed by atoms with E-state index in [2.05, 4.69) is 27.6 Å². The maximum atomic E-state index is 12.9. The third kappa shape index (κ3) is 7.69. The molecule has 3 aromatic carbocycles. The molecule has 0 bridgehead atoms. The number of aliphatic hydroxyl groups is 1. The molecule has 0 spiro atoms. The van der Waals surface area contributed by atoms with Crippen LogP contribution in [0.5, 0.6) is 11.5 Å². The summed E-state index contributed by atoms with van der Waals surface area (Å²) in [5.74, 6) is -0.608. The third-order valence-corrected chi connectivity index (χ3v) is 8.30. The predicted molar refractivity (Wildman–Crippen MR) is 176 cm³/mol. The van der Waals surface area contributed by atoms with Gasteiger partial charge < -0.3 is 19.3 Å². The number of esters is 1. The number of aliphatic hydroxyl groups excluding tert-OH is 1. The number of thioether (sulfide) groups is 1. The van der Waals surface area contributed by atoms with Crippen molar-refractivity contribution in [2.45, 2.75) is 27.4 Å². The van der Waals surface area contributed by atoms with Crippen LogP contribution in [-0.4, -0.2) is 35.2 Å². The third-order valence-electron chi connectivity index (χ3n) is 5.89. The molecule has 1 aliphatic rings. The van der Waals surface area contributed by atoms with Gasteiger partial charge in [0.05, 0.1) is 21.7 Å². The Labute approximate surface area is 271 Å². The van der Waals surface area contributed by atoms with Gasteiger partial charge in [-0.15, -0.1) is 0 Å². The van der Waals surface area contributed by atoms with Crippen molar-refractivity contribution in [3.05, 3.63) is 107 Å². The number of ether oxygens (including phenoxy) is 3. The Bertz CT molecular complexity index is 1620. The zero-order valence-electron chi connectivity index (χ0n) is 22.9. The van der Waals surface area contributed by atoms with Crippen LogP contribution in [0.3, 0.4) is 0 Å². The number of aryl methyl sites for hydroxylation is 1. The first-order chi connectivity index (χ1) is 20.1. The van der Waals surface area contributed by atoms with Crippen LogP contribution in [0.1, 0.15) is 40.9 Å². The summed E-state index contributed by atoms with van der Waals surface area (Å²) in [6.45, 7) is 6.11. The van der Waals surface area contributed by atoms with Crippen LogP contribution in [-0.2, 0) is 16.1 Å². The van der Waals surface area contributed by atoms with E-state index >= 15 is 0 Å². The van der Waals surface area contributed by atoms with E-state index in [9.17, 15) is 14.7 Å². The van der Waals surface area contributed by atoms with Crippen LogP contribution in [0.25, 0.3) is 6.08 Å². The first-order valence-electron chi connectivity index (χ1n) is 12.8. The molecule has 0 radical (unpaired) electrons. The molecule has 0 aromatic heterocycles. The van der Waals surface area contributed by atoms with Crippen molar-refractivity contribution in [3.8, 4) is 11.5 Å². The molecule has 4 rings (SSSR count). The molecule has 7 nitrogen and oxygen atoms in total. The standard InChI is InChI=1S/C31H26Cl2INO6S/c1-4-39-24-13-18(12-23(34)28(24)41-16-20-10-11-21(32)15-22(20)33)14-25-27(36)26(31(38)40-5-2)30(42-25)35-29(37)19-8-6-17(3)7-9-19/h6-15,36H,4-5,16H2,1-3H3/b25-14-,35-30?. The molecule has 11 heteroatoms. The van der Waals surface area contributed by atoms with E-state index in [-0.39, 0.29) is 29.6 Å². The number of halogens is 3. The Morgan fingerprint density at radius 2 is 1.76 bits per heavy atom. The van der Waals surface area contributed by atoms with Gasteiger partial charge in [-0.1, -0.05) is 58.7 Å². The smallest absolute Gasteiger partial charge is 0.344 e. The lowest BCUT2D eigenvalue weighted by Gasteiger charge is -2.15. The van der Waals surface area contributed by atoms with Crippen molar-refractivity contribution >= 4 is 80.6 Å². The van der Waals surface area contributed by atoms with Crippen LogP contribution >= 0.6 is 57.6 Å². The van der Waals surface area contributed by atoms with E-state index in [0.717, 1.165) is 26.5 Å². The van der Waals surface area contributed by atoms with Gasteiger partial charge in [-0.25, -0.2) is 9.79 Å². The summed E-state index contributed by atoms with van der Waals surface area (Å²) in [4.78, 5) is 30.1. The van der Waals surface area contributed by atoms with Crippen molar-refractivity contribution in [1.29, 1.82) is 0 Å². The normalized spacial score (nSPS) is 14.9. The fraction of sp³-hybridized carbons (Fsp3) is 0.194. The zero-order chi connectivity index (χ0) is 30.4. The molecule has 218 valence electrons. The van der Waals surface area contributed by atoms with Gasteiger partial charge in [-0.3, -0.25) is 4.79 Å². The molecule has 1 amide bonds. The van der Waals surface area contributed by atoms with Crippen LogP contribution in [0.4, 0.5) is 0 Å². The maximum Gasteiger partial charge on any atom is 0.344 e. The van der Waals surface area contributed by atoms with Crippen molar-refractivity contribution < 1.29 is 28.9 Å². The summed E-state index contributed by atoms with van der Waals surface area (Å²) in [5, 5.41) is 12.2. The van der Waals surface area contributed by atoms with Gasteiger partial charge in [0.1, 0.15) is 23.0 Å². The Balaban J connectivity index is 1.67. The average Bonchev–Trinajstić information content (AvgIpc) is 3.23. The van der Waals surface area contributed by atoms with Gasteiger partial charge in [-0.05, 0) is 91.4 Å². The summed E-state index contributed by atoms with van der Waals surface area (Å²) >= 11 is 15.5. The Hall–Kier alpha value is -2.99. The molecule has 1 heterocycles. The van der Waals surface area contributed by atoms with Crippen molar-refractivity contribution in [2.24, 2.45) is 4.99 Å². The fourth-order valence-corrected chi connectivity index (χ4v) is 6.12. The number of hydrogen-bond donors (Lipinski definition) is 1. The highest BCUT2D eigenvalue weighted by Gasteiger charge is 2.34. The molecule has 0 unspecified atom stereocenters. The molecule has 0 aliphatic carbocycles. The van der Waals surface area contributed by atoms with Gasteiger partial charge in [0.15, 0.2) is 11.5 Å². The minimum Gasteiger partial charge on any atom is -0.506 e. The molecular weight excluding hydrogens is 712 g/mol. The van der Waals surface area contributed by atoms with Gasteiger partial charge in [-0.2, -0.15) is 0 Å². The monoisotopic (exact) mass is 737 g/mol. The fourth-order valence-electron chi connectivity index (χ4n) is 3.86. The van der Waals surface area contributed by atoms with Gasteiger partial charge >= 0.3 is 5.97 Å². The predicted octanol–water partition coefficient (Wildman–Crippen LogP) is 8.59. The van der Waals surface area contributed by atoms with Gasteiger partial charge in [0.2, 0.25) is 0 Å². The zero-order valence-corrected chi connectivity index (χ0v) is 27.4. The van der Waals surface area contributed by atoms with Crippen LogP contribution in [0.2, 0.25) is 10.0 Å². The summed E-state index contributed by atoms with van der Waals surface area (Å²) in [7, 11) is 0. The minimum atomic E-state index is -0.768. The molecule has 0 saturated carbocycles. The highest BCUT2D eigenvalue weighted by atomic mass is 127. The number of hydrogen-bond acceptors (Lipinski definition) is 7. The van der Waals surface area contributed by atoms with Crippen molar-refractivity contribution in [3.63, 3.8) is 0 Å². The SMILES string of the molecule is CCOC(=O)C1=C(O)/C(=C/c2cc(I)c(OCc3ccc(Cl)cc3Cl)c(OCC)c2)SC1=NC(=O)c1ccc(C)cc1. The van der Waals surface area contributed by atoms with Crippen LogP contribution in [0.15, 0.2) is 75.8 Å². The van der Waals surface area contributed by atoms with Crippen molar-refractivity contribution in [2.75, 3.05) is 13.2 Å². The minimum absolute atomic E-state index is 0.0577. The first kappa shape index (κ1) is 31.9. The molecule has 42 heavy (non-hydrogen) atoms. The Morgan fingerprint density at radius 3 is 2.43 bits per heavy atom. The highest BCUT2D eigenvalue weighted by molar-refractivity contribution is 14.1. The van der Waals surface area contributed by atoms with Crippen LogP contribution < -0.4 is 9.47 Å². The number of amides is 1. The van der Waals surface area contributed by atoms with E-state index < -0.39 is 11.9 Å². The summed E-state index contributed by atoms with van der Waals surface area (Å²) < 4.78 is 17.9. The number of carbonyl (C=O) groups excluding carboxylic acids is 2. The summed E-state index contributed by atoms with van der Waals surface area (Å²) in [5.41, 5.74) is 2.63. The molecule has 0 saturated heterocycles. The largest absolute Gasteiger partial charge is 0.506 e. The number of rotatable bonds is 9. The average molecular weight is 738 g/mol. The molecule has 1 aliphatic heterocycles. The maximum absolute atomic E-state index is 12.9. The molecule has 1 N–H and O–H groups in total. The molecular formula is C31H26Cl2INO6S. The van der Waals surface area contributed by atoms with Crippen molar-refractivity contribution in [1.82, 2.24) is 0 Å². The van der Waals surface area contributed by atoms with Crippen LogP contribution in [0, 0.1) is 10.5 Å². The highest BCUT2D eigenvalue weighted by Crippen LogP contribution is 2.41. The second-order valence-corrected chi connectivity index (χ2v) is 12.0. The van der Waals surface area contributed by atoms with Gasteiger partial charge in [0, 0.05) is 21.2 Å². The first-order valence-corrected chi connectivity index (χ1v) is 15.5. The second-order valence-electron chi connectivity index (χ2n) is 8.93. The number of carbonyl (C=O) groups is 2. The lowest BCUT2D eigenvalue weighted by atomic mass is 10.1. The summed E-state index contributed by atoms with van der Waals surface area (Å²) in [6.07, 6.45) is 1.68.